The van der Waals surface area contributed by atoms with E-state index in [4.69, 9.17) is 27.8 Å². The van der Waals surface area contributed by atoms with Crippen molar-refractivity contribution in [3.8, 4) is 17.0 Å². The topological polar surface area (TPSA) is 109 Å². The van der Waals surface area contributed by atoms with Gasteiger partial charge in [0.05, 0.1) is 5.69 Å². The molecule has 0 amide bonds. The monoisotopic (exact) mass is 421 g/mol. The molecule has 1 aromatic carbocycles. The van der Waals surface area contributed by atoms with E-state index in [9.17, 15) is 4.79 Å². The summed E-state index contributed by atoms with van der Waals surface area (Å²) in [4.78, 5) is 19.4. The summed E-state index contributed by atoms with van der Waals surface area (Å²) in [5, 5.41) is 0.506. The summed E-state index contributed by atoms with van der Waals surface area (Å²) in [6.45, 7) is 0.286. The highest BCUT2D eigenvalue weighted by molar-refractivity contribution is 6.31. The van der Waals surface area contributed by atoms with Crippen molar-refractivity contribution in [1.82, 2.24) is 9.55 Å². The van der Waals surface area contributed by atoms with E-state index in [0.29, 0.717) is 33.4 Å². The van der Waals surface area contributed by atoms with Crippen molar-refractivity contribution in [1.29, 1.82) is 0 Å². The van der Waals surface area contributed by atoms with Gasteiger partial charge in [-0.25, -0.2) is 4.79 Å². The maximum Gasteiger partial charge on any atom is 0.218 e. The van der Waals surface area contributed by atoms with Crippen LogP contribution in [0, 0.1) is 0 Å². The van der Waals surface area contributed by atoms with Crippen LogP contribution in [-0.4, -0.2) is 28.4 Å². The molecular weight excluding hydrogens is 402 g/mol. The number of carbonyl (C=O) groups excluding carboxylic acids is 1. The Balaban J connectivity index is 2.03. The Bertz CT molecular complexity index is 1150. The molecule has 0 aliphatic heterocycles. The molecule has 3 rings (SSSR count). The van der Waals surface area contributed by atoms with Gasteiger partial charge in [0.1, 0.15) is 17.5 Å². The average molecular weight is 422 g/mol. The average Bonchev–Trinajstić information content (AvgIpc) is 3.29. The molecule has 8 heteroatoms. The Hall–Kier alpha value is -3.64. The number of aliphatic imine (C=N–C) groups is 1. The van der Waals surface area contributed by atoms with E-state index < -0.39 is 0 Å². The molecule has 0 aliphatic carbocycles. The minimum absolute atomic E-state index is 0.277. The van der Waals surface area contributed by atoms with E-state index in [1.165, 1.54) is 6.08 Å². The Morgan fingerprint density at radius 1 is 1.33 bits per heavy atom. The van der Waals surface area contributed by atoms with Gasteiger partial charge in [-0.1, -0.05) is 17.7 Å². The molecule has 0 saturated heterocycles. The van der Waals surface area contributed by atoms with E-state index in [0.717, 1.165) is 5.56 Å². The van der Waals surface area contributed by atoms with Gasteiger partial charge in [0.25, 0.3) is 0 Å². The van der Waals surface area contributed by atoms with Crippen LogP contribution in [-0.2, 0) is 11.3 Å². The van der Waals surface area contributed by atoms with E-state index in [1.807, 2.05) is 24.5 Å². The molecule has 0 radical (unpaired) electrons. The summed E-state index contributed by atoms with van der Waals surface area (Å²) in [6.07, 6.45) is 8.15. The van der Waals surface area contributed by atoms with E-state index in [2.05, 4.69) is 9.98 Å². The van der Waals surface area contributed by atoms with Gasteiger partial charge in [0.2, 0.25) is 5.90 Å². The number of aromatic nitrogens is 2. The van der Waals surface area contributed by atoms with E-state index in [1.54, 1.807) is 54.1 Å². The largest absolute Gasteiger partial charge is 0.439 e. The van der Waals surface area contributed by atoms with E-state index in [-0.39, 0.29) is 12.4 Å². The fraction of sp³-hybridized carbons (Fsp3) is 0.0909. The zero-order valence-electron chi connectivity index (χ0n) is 16.2. The minimum atomic E-state index is 0.277. The third-order valence-corrected chi connectivity index (χ3v) is 4.62. The van der Waals surface area contributed by atoms with Crippen LogP contribution in [0.4, 0.5) is 0 Å². The normalized spacial score (nSPS) is 11.8. The second-order valence-corrected chi connectivity index (χ2v) is 6.61. The van der Waals surface area contributed by atoms with Gasteiger partial charge >= 0.3 is 0 Å². The summed E-state index contributed by atoms with van der Waals surface area (Å²) in [5.74, 6) is 2.90. The summed E-state index contributed by atoms with van der Waals surface area (Å²) >= 11 is 6.30. The molecule has 30 heavy (non-hydrogen) atoms. The summed E-state index contributed by atoms with van der Waals surface area (Å²) in [7, 11) is 1.59. The molecular formula is C22H20ClN5O2. The first-order valence-corrected chi connectivity index (χ1v) is 9.38. The number of halogens is 1. The van der Waals surface area contributed by atoms with Crippen LogP contribution in [0.2, 0.25) is 5.02 Å². The number of hydrogen-bond donors (Lipinski definition) is 2. The lowest BCUT2D eigenvalue weighted by atomic mass is 10.1. The number of ether oxygens (including phenoxy) is 1. The first-order chi connectivity index (χ1) is 14.5. The van der Waals surface area contributed by atoms with Gasteiger partial charge in [0, 0.05) is 60.5 Å². The van der Waals surface area contributed by atoms with Gasteiger partial charge in [-0.05, 0) is 35.9 Å². The zero-order chi connectivity index (χ0) is 21.5. The molecule has 0 unspecified atom stereocenters. The Kier molecular flexibility index (Phi) is 6.83. The number of nitrogens with two attached hydrogens (primary N) is 2. The molecule has 3 aromatic rings. The molecule has 7 nitrogen and oxygen atoms in total. The lowest BCUT2D eigenvalue weighted by molar-refractivity contribution is 0.555. The second kappa shape index (κ2) is 9.71. The lowest BCUT2D eigenvalue weighted by Gasteiger charge is -2.13. The SMILES string of the molecule is CN=C(C=C(N)n1cccc1)Oc1cc(C=C=O)ccc1-c1cc(Cl)c(CN)cn1. The van der Waals surface area contributed by atoms with Crippen LogP contribution in [0.15, 0.2) is 66.1 Å². The van der Waals surface area contributed by atoms with Crippen molar-refractivity contribution in [2.75, 3.05) is 7.05 Å². The fourth-order valence-corrected chi connectivity index (χ4v) is 2.94. The number of benzene rings is 1. The van der Waals surface area contributed by atoms with Gasteiger partial charge in [-0.15, -0.1) is 0 Å². The standard InChI is InChI=1S/C22H20ClN5O2/c1-26-22(12-21(25)28-7-2-3-8-28)30-20-10-15(6-9-29)4-5-17(20)19-11-18(23)16(13-24)14-27-19/h2-8,10-12,14H,13,24-25H2,1H3. The Morgan fingerprint density at radius 3 is 2.73 bits per heavy atom. The lowest BCUT2D eigenvalue weighted by Crippen LogP contribution is -2.12. The van der Waals surface area contributed by atoms with Crippen molar-refractivity contribution in [2.45, 2.75) is 6.54 Å². The molecule has 0 spiro atoms. The molecule has 152 valence electrons. The molecule has 2 heterocycles. The molecule has 0 bridgehead atoms. The molecule has 0 atom stereocenters. The number of hydrogen-bond acceptors (Lipinski definition) is 6. The van der Waals surface area contributed by atoms with Crippen molar-refractivity contribution >= 4 is 35.3 Å². The molecule has 0 aliphatic rings. The Labute approximate surface area is 179 Å². The van der Waals surface area contributed by atoms with Crippen molar-refractivity contribution in [3.05, 3.63) is 77.2 Å². The molecule has 0 fully saturated rings. The number of rotatable bonds is 6. The maximum atomic E-state index is 10.8. The van der Waals surface area contributed by atoms with Gasteiger partial charge in [-0.2, -0.15) is 0 Å². The predicted molar refractivity (Wildman–Crippen MR) is 120 cm³/mol. The smallest absolute Gasteiger partial charge is 0.218 e. The van der Waals surface area contributed by atoms with E-state index >= 15 is 0 Å². The van der Waals surface area contributed by atoms with Crippen LogP contribution in [0.5, 0.6) is 5.75 Å². The van der Waals surface area contributed by atoms with Crippen molar-refractivity contribution < 1.29 is 9.53 Å². The van der Waals surface area contributed by atoms with Crippen molar-refractivity contribution in [2.24, 2.45) is 16.5 Å². The highest BCUT2D eigenvalue weighted by Crippen LogP contribution is 2.32. The van der Waals surface area contributed by atoms with Crippen LogP contribution in [0.1, 0.15) is 11.1 Å². The van der Waals surface area contributed by atoms with Crippen LogP contribution < -0.4 is 16.2 Å². The van der Waals surface area contributed by atoms with Gasteiger partial charge in [0.15, 0.2) is 0 Å². The van der Waals surface area contributed by atoms with Crippen LogP contribution in [0.3, 0.4) is 0 Å². The summed E-state index contributed by atoms with van der Waals surface area (Å²) < 4.78 is 7.75. The summed E-state index contributed by atoms with van der Waals surface area (Å²) in [6, 6.07) is 10.7. The first-order valence-electron chi connectivity index (χ1n) is 9.00. The molecule has 0 saturated carbocycles. The number of nitrogens with zero attached hydrogens (tertiary/aromatic N) is 3. The van der Waals surface area contributed by atoms with Gasteiger partial charge < -0.3 is 20.8 Å². The molecule has 2 aromatic heterocycles. The quantitative estimate of drug-likeness (QED) is 0.360. The minimum Gasteiger partial charge on any atom is -0.439 e. The van der Waals surface area contributed by atoms with Crippen molar-refractivity contribution in [3.63, 3.8) is 0 Å². The summed E-state index contributed by atoms with van der Waals surface area (Å²) in [5.41, 5.74) is 14.4. The third-order valence-electron chi connectivity index (χ3n) is 4.27. The first kappa shape index (κ1) is 21.1. The molecule has 4 N–H and O–H groups in total. The zero-order valence-corrected chi connectivity index (χ0v) is 17.0. The second-order valence-electron chi connectivity index (χ2n) is 6.21. The number of pyridine rings is 1. The predicted octanol–water partition coefficient (Wildman–Crippen LogP) is 3.37. The van der Waals surface area contributed by atoms with Crippen LogP contribution >= 0.6 is 11.6 Å². The third kappa shape index (κ3) is 4.85. The highest BCUT2D eigenvalue weighted by atomic mass is 35.5. The maximum absolute atomic E-state index is 10.8. The van der Waals surface area contributed by atoms with Gasteiger partial charge in [-0.3, -0.25) is 9.98 Å². The fourth-order valence-electron chi connectivity index (χ4n) is 2.71. The highest BCUT2D eigenvalue weighted by Gasteiger charge is 2.13. The Morgan fingerprint density at radius 2 is 2.10 bits per heavy atom. The van der Waals surface area contributed by atoms with Crippen LogP contribution in [0.25, 0.3) is 23.2 Å².